The van der Waals surface area contributed by atoms with Gasteiger partial charge in [0.05, 0.1) is 5.60 Å². The Kier molecular flexibility index (Phi) is 4.17. The van der Waals surface area contributed by atoms with Crippen LogP contribution in [0.1, 0.15) is 31.2 Å². The van der Waals surface area contributed by atoms with Crippen molar-refractivity contribution in [3.8, 4) is 0 Å². The third-order valence-corrected chi connectivity index (χ3v) is 4.00. The van der Waals surface area contributed by atoms with Crippen LogP contribution in [-0.4, -0.2) is 18.5 Å². The summed E-state index contributed by atoms with van der Waals surface area (Å²) < 4.78 is 19.3. The van der Waals surface area contributed by atoms with Crippen molar-refractivity contribution < 1.29 is 13.9 Å². The summed E-state index contributed by atoms with van der Waals surface area (Å²) >= 11 is 3.23. The van der Waals surface area contributed by atoms with Crippen LogP contribution < -0.4 is 0 Å². The third-order valence-electron chi connectivity index (χ3n) is 3.54. The first-order valence-electron chi connectivity index (χ1n) is 6.05. The second-order valence-corrected chi connectivity index (χ2v) is 5.83. The molecule has 0 spiro atoms. The van der Waals surface area contributed by atoms with Crippen LogP contribution in [0.2, 0.25) is 0 Å². The van der Waals surface area contributed by atoms with Gasteiger partial charge in [0, 0.05) is 24.4 Å². The molecule has 1 aliphatic carbocycles. The number of halogens is 2. The third kappa shape index (κ3) is 3.18. The van der Waals surface area contributed by atoms with Crippen LogP contribution in [0, 0.1) is 5.82 Å². The van der Waals surface area contributed by atoms with Gasteiger partial charge in [-0.15, -0.1) is 0 Å². The van der Waals surface area contributed by atoms with E-state index in [-0.39, 0.29) is 23.6 Å². The molecule has 1 saturated carbocycles. The van der Waals surface area contributed by atoms with Gasteiger partial charge in [-0.3, -0.25) is 4.79 Å². The first kappa shape index (κ1) is 13.7. The lowest BCUT2D eigenvalue weighted by atomic mass is 9.76. The molecule has 0 aromatic heterocycles. The summed E-state index contributed by atoms with van der Waals surface area (Å²) in [6.45, 7) is 0. The first-order chi connectivity index (χ1) is 8.53. The van der Waals surface area contributed by atoms with E-state index in [1.807, 2.05) is 0 Å². The van der Waals surface area contributed by atoms with Gasteiger partial charge in [0.2, 0.25) is 0 Å². The number of methoxy groups -OCH3 is 1. The summed E-state index contributed by atoms with van der Waals surface area (Å²) in [6, 6.07) is 4.57. The van der Waals surface area contributed by atoms with E-state index in [4.69, 9.17) is 4.74 Å². The van der Waals surface area contributed by atoms with Gasteiger partial charge < -0.3 is 4.74 Å². The Morgan fingerprint density at radius 2 is 2.17 bits per heavy atom. The Balaban J connectivity index is 1.98. The highest BCUT2D eigenvalue weighted by molar-refractivity contribution is 9.10. The van der Waals surface area contributed by atoms with E-state index in [1.165, 1.54) is 12.1 Å². The molecule has 98 valence electrons. The van der Waals surface area contributed by atoms with Gasteiger partial charge in [-0.2, -0.15) is 0 Å². The standard InChI is InChI=1S/C14H16BrFO2/c1-18-14(3-2-4-14)9-13(17)7-10-5-11(15)8-12(16)6-10/h5-6,8H,2-4,7,9H2,1H3. The normalized spacial score (nSPS) is 17.3. The lowest BCUT2D eigenvalue weighted by molar-refractivity contribution is -0.131. The molecule has 0 heterocycles. The molecule has 0 bridgehead atoms. The fraction of sp³-hybridized carbons (Fsp3) is 0.500. The molecule has 0 N–H and O–H groups in total. The maximum absolute atomic E-state index is 13.2. The average molecular weight is 315 g/mol. The number of carbonyl (C=O) groups is 1. The van der Waals surface area contributed by atoms with E-state index >= 15 is 0 Å². The molecule has 2 rings (SSSR count). The van der Waals surface area contributed by atoms with Crippen molar-refractivity contribution in [3.05, 3.63) is 34.1 Å². The molecule has 0 amide bonds. The molecular formula is C14H16BrFO2. The SMILES string of the molecule is COC1(CC(=O)Cc2cc(F)cc(Br)c2)CCC1. The van der Waals surface area contributed by atoms with E-state index in [0.717, 1.165) is 19.3 Å². The smallest absolute Gasteiger partial charge is 0.140 e. The second kappa shape index (κ2) is 5.49. The number of ketones is 1. The van der Waals surface area contributed by atoms with Crippen LogP contribution in [0.3, 0.4) is 0 Å². The largest absolute Gasteiger partial charge is 0.378 e. The maximum Gasteiger partial charge on any atom is 0.140 e. The number of benzene rings is 1. The number of hydrogen-bond acceptors (Lipinski definition) is 2. The highest BCUT2D eigenvalue weighted by Gasteiger charge is 2.38. The van der Waals surface area contributed by atoms with Gasteiger partial charge >= 0.3 is 0 Å². The molecule has 0 unspecified atom stereocenters. The molecule has 18 heavy (non-hydrogen) atoms. The predicted molar refractivity (Wildman–Crippen MR) is 71.0 cm³/mol. The van der Waals surface area contributed by atoms with Crippen molar-refractivity contribution in [2.45, 2.75) is 37.7 Å². The van der Waals surface area contributed by atoms with Crippen LogP contribution >= 0.6 is 15.9 Å². The minimum absolute atomic E-state index is 0.106. The Labute approximate surface area is 115 Å². The summed E-state index contributed by atoms with van der Waals surface area (Å²) in [5.74, 6) is -0.216. The molecule has 0 saturated heterocycles. The van der Waals surface area contributed by atoms with E-state index in [2.05, 4.69) is 15.9 Å². The zero-order chi connectivity index (χ0) is 13.2. The zero-order valence-electron chi connectivity index (χ0n) is 10.3. The molecule has 0 radical (unpaired) electrons. The highest BCUT2D eigenvalue weighted by atomic mass is 79.9. The lowest BCUT2D eigenvalue weighted by Gasteiger charge is -2.40. The molecule has 1 aliphatic rings. The molecule has 1 fully saturated rings. The fourth-order valence-corrected chi connectivity index (χ4v) is 2.90. The van der Waals surface area contributed by atoms with E-state index in [1.54, 1.807) is 13.2 Å². The summed E-state index contributed by atoms with van der Waals surface area (Å²) in [5, 5.41) is 0. The van der Waals surface area contributed by atoms with Crippen molar-refractivity contribution in [1.29, 1.82) is 0 Å². The van der Waals surface area contributed by atoms with Crippen LogP contribution in [0.5, 0.6) is 0 Å². The van der Waals surface area contributed by atoms with Gasteiger partial charge in [0.25, 0.3) is 0 Å². The summed E-state index contributed by atoms with van der Waals surface area (Å²) in [4.78, 5) is 12.0. The van der Waals surface area contributed by atoms with Crippen molar-refractivity contribution in [1.82, 2.24) is 0 Å². The number of carbonyl (C=O) groups excluding carboxylic acids is 1. The quantitative estimate of drug-likeness (QED) is 0.829. The molecule has 0 aliphatic heterocycles. The molecule has 1 aromatic carbocycles. The number of rotatable bonds is 5. The molecular weight excluding hydrogens is 299 g/mol. The van der Waals surface area contributed by atoms with Crippen molar-refractivity contribution in [3.63, 3.8) is 0 Å². The van der Waals surface area contributed by atoms with E-state index < -0.39 is 0 Å². The zero-order valence-corrected chi connectivity index (χ0v) is 11.9. The second-order valence-electron chi connectivity index (χ2n) is 4.91. The van der Waals surface area contributed by atoms with Gasteiger partial charge in [0.1, 0.15) is 11.6 Å². The molecule has 1 aromatic rings. The van der Waals surface area contributed by atoms with Crippen molar-refractivity contribution >= 4 is 21.7 Å². The Morgan fingerprint density at radius 1 is 1.44 bits per heavy atom. The highest BCUT2D eigenvalue weighted by Crippen LogP contribution is 2.38. The summed E-state index contributed by atoms with van der Waals surface area (Å²) in [6.07, 6.45) is 3.70. The van der Waals surface area contributed by atoms with Crippen LogP contribution in [0.25, 0.3) is 0 Å². The Hall–Kier alpha value is -0.740. The predicted octanol–water partition coefficient (Wildman–Crippen LogP) is 3.66. The van der Waals surface area contributed by atoms with E-state index in [0.29, 0.717) is 16.5 Å². The van der Waals surface area contributed by atoms with Crippen LogP contribution in [0.4, 0.5) is 4.39 Å². The number of hydrogen-bond donors (Lipinski definition) is 0. The monoisotopic (exact) mass is 314 g/mol. The van der Waals surface area contributed by atoms with Gasteiger partial charge in [-0.25, -0.2) is 4.39 Å². The molecule has 0 atom stereocenters. The minimum Gasteiger partial charge on any atom is -0.378 e. The van der Waals surface area contributed by atoms with Crippen LogP contribution in [-0.2, 0) is 16.0 Å². The van der Waals surface area contributed by atoms with Gasteiger partial charge in [-0.05, 0) is 43.0 Å². The molecule has 4 heteroatoms. The number of ether oxygens (including phenoxy) is 1. The fourth-order valence-electron chi connectivity index (χ4n) is 2.39. The van der Waals surface area contributed by atoms with Gasteiger partial charge in [-0.1, -0.05) is 15.9 Å². The Bertz CT molecular complexity index is 429. The number of Topliss-reactive ketones (excluding diaryl/α,β-unsaturated/α-hetero) is 1. The lowest BCUT2D eigenvalue weighted by Crippen LogP contribution is -2.41. The average Bonchev–Trinajstić information content (AvgIpc) is 2.21. The topological polar surface area (TPSA) is 26.3 Å². The summed E-state index contributed by atoms with van der Waals surface area (Å²) in [5.41, 5.74) is 0.458. The molecule has 2 nitrogen and oxygen atoms in total. The summed E-state index contributed by atoms with van der Waals surface area (Å²) in [7, 11) is 1.66. The van der Waals surface area contributed by atoms with Gasteiger partial charge in [0.15, 0.2) is 0 Å². The first-order valence-corrected chi connectivity index (χ1v) is 6.84. The van der Waals surface area contributed by atoms with Crippen molar-refractivity contribution in [2.75, 3.05) is 7.11 Å². The minimum atomic E-state index is -0.322. The van der Waals surface area contributed by atoms with Crippen LogP contribution in [0.15, 0.2) is 22.7 Å². The Morgan fingerprint density at radius 3 is 2.67 bits per heavy atom. The van der Waals surface area contributed by atoms with Crippen molar-refractivity contribution in [2.24, 2.45) is 0 Å². The maximum atomic E-state index is 13.2. The van der Waals surface area contributed by atoms with E-state index in [9.17, 15) is 9.18 Å².